The van der Waals surface area contributed by atoms with E-state index in [4.69, 9.17) is 23.2 Å². The van der Waals surface area contributed by atoms with Crippen LogP contribution in [0, 0.1) is 0 Å². The largest absolute Gasteiger partial charge is 0.323 e. The SMILES string of the molecule is O=C(CN1C(=O)CSC=C1c1ccccc1)Nc1cccc(Cl)c1Cl. The highest BCUT2D eigenvalue weighted by atomic mass is 35.5. The fourth-order valence-electron chi connectivity index (χ4n) is 2.41. The van der Waals surface area contributed by atoms with Crippen molar-refractivity contribution in [3.05, 3.63) is 69.5 Å². The molecule has 25 heavy (non-hydrogen) atoms. The van der Waals surface area contributed by atoms with Gasteiger partial charge in [-0.05, 0) is 23.1 Å². The smallest absolute Gasteiger partial charge is 0.244 e. The molecule has 0 aromatic heterocycles. The summed E-state index contributed by atoms with van der Waals surface area (Å²) in [5.74, 6) is -0.147. The summed E-state index contributed by atoms with van der Waals surface area (Å²) in [6.45, 7) is -0.0943. The summed E-state index contributed by atoms with van der Waals surface area (Å²) < 4.78 is 0. The molecular weight excluding hydrogens is 379 g/mol. The van der Waals surface area contributed by atoms with Crippen molar-refractivity contribution in [1.29, 1.82) is 0 Å². The van der Waals surface area contributed by atoms with Gasteiger partial charge in [0, 0.05) is 0 Å². The lowest BCUT2D eigenvalue weighted by molar-refractivity contribution is -0.129. The minimum atomic E-state index is -0.341. The number of nitrogens with one attached hydrogen (secondary N) is 1. The van der Waals surface area contributed by atoms with Crippen LogP contribution in [0.15, 0.2) is 53.9 Å². The van der Waals surface area contributed by atoms with Crippen molar-refractivity contribution in [3.63, 3.8) is 0 Å². The van der Waals surface area contributed by atoms with E-state index in [1.807, 2.05) is 35.7 Å². The number of halogens is 2. The zero-order chi connectivity index (χ0) is 17.8. The number of carbonyl (C=O) groups excluding carboxylic acids is 2. The fourth-order valence-corrected chi connectivity index (χ4v) is 3.56. The highest BCUT2D eigenvalue weighted by Gasteiger charge is 2.25. The van der Waals surface area contributed by atoms with E-state index in [9.17, 15) is 9.59 Å². The molecule has 2 amide bonds. The fraction of sp³-hybridized carbons (Fsp3) is 0.111. The molecule has 1 heterocycles. The molecule has 0 aliphatic carbocycles. The van der Waals surface area contributed by atoms with E-state index in [0.717, 1.165) is 5.56 Å². The molecule has 0 radical (unpaired) electrons. The molecule has 0 spiro atoms. The van der Waals surface area contributed by atoms with E-state index in [1.54, 1.807) is 18.2 Å². The first-order chi connectivity index (χ1) is 12.1. The van der Waals surface area contributed by atoms with Crippen LogP contribution in [-0.2, 0) is 9.59 Å². The quantitative estimate of drug-likeness (QED) is 0.832. The van der Waals surface area contributed by atoms with Gasteiger partial charge in [-0.25, -0.2) is 0 Å². The van der Waals surface area contributed by atoms with Gasteiger partial charge in [-0.1, -0.05) is 59.6 Å². The Balaban J connectivity index is 1.78. The lowest BCUT2D eigenvalue weighted by Gasteiger charge is -2.28. The molecule has 2 aromatic rings. The van der Waals surface area contributed by atoms with E-state index in [0.29, 0.717) is 22.2 Å². The summed E-state index contributed by atoms with van der Waals surface area (Å²) in [5, 5.41) is 5.24. The molecule has 0 saturated heterocycles. The molecular formula is C18H14Cl2N2O2S. The molecule has 0 saturated carbocycles. The molecule has 3 rings (SSSR count). The molecule has 128 valence electrons. The van der Waals surface area contributed by atoms with Gasteiger partial charge in [0.25, 0.3) is 0 Å². The van der Waals surface area contributed by atoms with Gasteiger partial charge >= 0.3 is 0 Å². The van der Waals surface area contributed by atoms with Crippen LogP contribution in [0.2, 0.25) is 10.0 Å². The van der Waals surface area contributed by atoms with Crippen molar-refractivity contribution >= 4 is 58.2 Å². The summed E-state index contributed by atoms with van der Waals surface area (Å²) in [5.41, 5.74) is 2.02. The second-order valence-electron chi connectivity index (χ2n) is 5.31. The third-order valence-corrected chi connectivity index (χ3v) is 5.21. The van der Waals surface area contributed by atoms with Crippen LogP contribution >= 0.6 is 35.0 Å². The van der Waals surface area contributed by atoms with Gasteiger partial charge in [0.15, 0.2) is 0 Å². The first kappa shape index (κ1) is 17.9. The molecule has 1 aliphatic rings. The zero-order valence-corrected chi connectivity index (χ0v) is 15.4. The molecule has 1 N–H and O–H groups in total. The second kappa shape index (κ2) is 7.95. The number of rotatable bonds is 4. The van der Waals surface area contributed by atoms with Crippen LogP contribution in [0.5, 0.6) is 0 Å². The maximum absolute atomic E-state index is 12.4. The third kappa shape index (κ3) is 4.18. The van der Waals surface area contributed by atoms with Crippen LogP contribution in [0.3, 0.4) is 0 Å². The Labute approximate surface area is 159 Å². The highest BCUT2D eigenvalue weighted by molar-refractivity contribution is 8.03. The number of benzene rings is 2. The molecule has 1 aliphatic heterocycles. The Bertz CT molecular complexity index is 840. The average Bonchev–Trinajstić information content (AvgIpc) is 2.61. The lowest BCUT2D eigenvalue weighted by Crippen LogP contribution is -2.39. The Hall–Kier alpha value is -1.95. The van der Waals surface area contributed by atoms with Gasteiger partial charge in [-0.15, -0.1) is 11.8 Å². The molecule has 4 nitrogen and oxygen atoms in total. The van der Waals surface area contributed by atoms with Gasteiger partial charge in [0.05, 0.1) is 27.2 Å². The van der Waals surface area contributed by atoms with Crippen LogP contribution in [-0.4, -0.2) is 29.0 Å². The maximum Gasteiger partial charge on any atom is 0.244 e. The maximum atomic E-state index is 12.4. The minimum absolute atomic E-state index is 0.0943. The topological polar surface area (TPSA) is 49.4 Å². The molecule has 0 bridgehead atoms. The van der Waals surface area contributed by atoms with E-state index in [-0.39, 0.29) is 23.4 Å². The summed E-state index contributed by atoms with van der Waals surface area (Å²) >= 11 is 13.5. The number of amides is 2. The van der Waals surface area contributed by atoms with Crippen molar-refractivity contribution in [3.8, 4) is 0 Å². The third-order valence-electron chi connectivity index (χ3n) is 3.59. The predicted octanol–water partition coefficient (Wildman–Crippen LogP) is 4.51. The first-order valence-corrected chi connectivity index (χ1v) is 9.28. The molecule has 0 unspecified atom stereocenters. The van der Waals surface area contributed by atoms with Crippen molar-refractivity contribution in [2.24, 2.45) is 0 Å². The summed E-state index contributed by atoms with van der Waals surface area (Å²) in [6.07, 6.45) is 0. The van der Waals surface area contributed by atoms with Gasteiger partial charge in [-0.2, -0.15) is 0 Å². The van der Waals surface area contributed by atoms with Crippen LogP contribution in [0.1, 0.15) is 5.56 Å². The van der Waals surface area contributed by atoms with E-state index in [1.165, 1.54) is 16.7 Å². The van der Waals surface area contributed by atoms with Crippen LogP contribution < -0.4 is 5.32 Å². The van der Waals surface area contributed by atoms with E-state index in [2.05, 4.69) is 5.32 Å². The number of thioether (sulfide) groups is 1. The number of nitrogens with zero attached hydrogens (tertiary/aromatic N) is 1. The summed E-state index contributed by atoms with van der Waals surface area (Å²) in [6, 6.07) is 14.5. The minimum Gasteiger partial charge on any atom is -0.323 e. The van der Waals surface area contributed by atoms with Crippen molar-refractivity contribution < 1.29 is 9.59 Å². The normalized spacial score (nSPS) is 14.2. The second-order valence-corrected chi connectivity index (χ2v) is 6.95. The Morgan fingerprint density at radius 1 is 1.12 bits per heavy atom. The lowest BCUT2D eigenvalue weighted by atomic mass is 10.1. The number of hydrogen-bond acceptors (Lipinski definition) is 3. The monoisotopic (exact) mass is 392 g/mol. The Morgan fingerprint density at radius 3 is 2.64 bits per heavy atom. The Kier molecular flexibility index (Phi) is 5.68. The van der Waals surface area contributed by atoms with Crippen molar-refractivity contribution in [2.45, 2.75) is 0 Å². The highest BCUT2D eigenvalue weighted by Crippen LogP contribution is 2.30. The van der Waals surface area contributed by atoms with Crippen LogP contribution in [0.25, 0.3) is 5.70 Å². The van der Waals surface area contributed by atoms with Crippen molar-refractivity contribution in [1.82, 2.24) is 4.90 Å². The number of hydrogen-bond donors (Lipinski definition) is 1. The van der Waals surface area contributed by atoms with Crippen molar-refractivity contribution in [2.75, 3.05) is 17.6 Å². The van der Waals surface area contributed by atoms with Gasteiger partial charge < -0.3 is 10.2 Å². The Morgan fingerprint density at radius 2 is 1.88 bits per heavy atom. The van der Waals surface area contributed by atoms with Crippen LogP contribution in [0.4, 0.5) is 5.69 Å². The van der Waals surface area contributed by atoms with E-state index < -0.39 is 0 Å². The zero-order valence-electron chi connectivity index (χ0n) is 13.0. The van der Waals surface area contributed by atoms with Gasteiger partial charge in [-0.3, -0.25) is 9.59 Å². The molecule has 0 fully saturated rings. The number of anilines is 1. The standard InChI is InChI=1S/C18H14Cl2N2O2S/c19-13-7-4-8-14(18(13)20)21-16(23)9-22-15(10-25-11-17(22)24)12-5-2-1-3-6-12/h1-8,10H,9,11H2,(H,21,23). The first-order valence-electron chi connectivity index (χ1n) is 7.47. The number of carbonyl (C=O) groups is 2. The van der Waals surface area contributed by atoms with Gasteiger partial charge in [0.2, 0.25) is 11.8 Å². The average molecular weight is 393 g/mol. The molecule has 7 heteroatoms. The van der Waals surface area contributed by atoms with E-state index >= 15 is 0 Å². The molecule has 0 atom stereocenters. The summed E-state index contributed by atoms with van der Waals surface area (Å²) in [4.78, 5) is 26.2. The summed E-state index contributed by atoms with van der Waals surface area (Å²) in [7, 11) is 0. The predicted molar refractivity (Wildman–Crippen MR) is 104 cm³/mol. The van der Waals surface area contributed by atoms with Gasteiger partial charge in [0.1, 0.15) is 6.54 Å². The molecule has 2 aromatic carbocycles.